The van der Waals surface area contributed by atoms with Gasteiger partial charge in [0.2, 0.25) is 0 Å². The topological polar surface area (TPSA) is 3.24 Å². The average Bonchev–Trinajstić information content (AvgIpc) is 3.00. The highest BCUT2D eigenvalue weighted by Crippen LogP contribution is 2.50. The van der Waals surface area contributed by atoms with E-state index in [1.807, 2.05) is 0 Å². The monoisotopic (exact) mass is 597 g/mol. The average molecular weight is 598 g/mol. The van der Waals surface area contributed by atoms with Crippen molar-refractivity contribution in [2.45, 2.75) is 77.6 Å². The van der Waals surface area contributed by atoms with Crippen molar-refractivity contribution >= 4 is 28.7 Å². The minimum absolute atomic E-state index is 0.0187. The lowest BCUT2D eigenvalue weighted by Crippen LogP contribution is -2.34. The second-order valence-electron chi connectivity index (χ2n) is 14.7. The van der Waals surface area contributed by atoms with Crippen molar-refractivity contribution in [3.63, 3.8) is 0 Å². The van der Waals surface area contributed by atoms with E-state index in [0.29, 0.717) is 0 Å². The van der Waals surface area contributed by atoms with Gasteiger partial charge in [-0.1, -0.05) is 133 Å². The first-order valence-corrected chi connectivity index (χ1v) is 16.2. The van der Waals surface area contributed by atoms with Gasteiger partial charge in [0.15, 0.2) is 0 Å². The molecule has 44 heavy (non-hydrogen) atoms. The lowest BCUT2D eigenvalue weighted by Gasteiger charge is -2.42. The van der Waals surface area contributed by atoms with Crippen LogP contribution < -0.4 is 4.90 Å². The van der Waals surface area contributed by atoms with Gasteiger partial charge in [-0.05, 0) is 105 Å². The van der Waals surface area contributed by atoms with Gasteiger partial charge in [-0.2, -0.15) is 0 Å². The Morgan fingerprint density at radius 2 is 1.18 bits per heavy atom. The minimum Gasteiger partial charge on any atom is -0.310 e. The normalized spacial score (nSPS) is 15.5. The summed E-state index contributed by atoms with van der Waals surface area (Å²) in [5, 5.41) is 0.721. The number of anilines is 3. The summed E-state index contributed by atoms with van der Waals surface area (Å²) in [6, 6.07) is 41.9. The highest BCUT2D eigenvalue weighted by Gasteiger charge is 2.37. The quantitative estimate of drug-likeness (QED) is 0.195. The van der Waals surface area contributed by atoms with Gasteiger partial charge in [0, 0.05) is 22.0 Å². The number of halogens is 1. The molecule has 1 aliphatic rings. The van der Waals surface area contributed by atoms with Gasteiger partial charge >= 0.3 is 0 Å². The molecule has 5 aromatic rings. The van der Waals surface area contributed by atoms with Gasteiger partial charge in [-0.25, -0.2) is 0 Å². The van der Waals surface area contributed by atoms with E-state index in [-0.39, 0.29) is 16.2 Å². The van der Waals surface area contributed by atoms with Crippen molar-refractivity contribution in [1.29, 1.82) is 0 Å². The number of fused-ring (bicyclic) bond motifs is 1. The molecule has 0 aliphatic heterocycles. The molecular formula is C42H44ClN. The molecule has 0 saturated carbocycles. The van der Waals surface area contributed by atoms with Crippen LogP contribution in [0.25, 0.3) is 22.3 Å². The summed E-state index contributed by atoms with van der Waals surface area (Å²) < 4.78 is 0. The molecule has 0 heterocycles. The van der Waals surface area contributed by atoms with E-state index >= 15 is 0 Å². The number of hydrogen-bond donors (Lipinski definition) is 0. The van der Waals surface area contributed by atoms with Crippen LogP contribution in [0.3, 0.4) is 0 Å². The van der Waals surface area contributed by atoms with Crippen LogP contribution in [-0.4, -0.2) is 0 Å². The van der Waals surface area contributed by atoms with Crippen molar-refractivity contribution < 1.29 is 0 Å². The second-order valence-corrected chi connectivity index (χ2v) is 15.2. The summed E-state index contributed by atoms with van der Waals surface area (Å²) in [6.45, 7) is 16.4. The van der Waals surface area contributed by atoms with Gasteiger partial charge in [-0.3, -0.25) is 0 Å². The van der Waals surface area contributed by atoms with Gasteiger partial charge in [0.1, 0.15) is 0 Å². The summed E-state index contributed by atoms with van der Waals surface area (Å²) in [5.74, 6) is 0. The van der Waals surface area contributed by atoms with Crippen LogP contribution in [0.15, 0.2) is 115 Å². The first kappa shape index (κ1) is 30.2. The standard InChI is InChI=1S/C42H44ClN/c1-40(2,3)32-18-21-39(36(26-32)30-16-12-9-13-17-30)44(35-25-31(24-33(43)27-35)29-14-10-8-11-15-29)34-19-20-37-38(28-34)42(6,7)23-22-41(37,4)5/h8-21,24-28H,22-23H2,1-7H3. The van der Waals surface area contributed by atoms with Crippen molar-refractivity contribution in [1.82, 2.24) is 0 Å². The Labute approximate surface area is 269 Å². The molecule has 0 atom stereocenters. The fourth-order valence-corrected chi connectivity index (χ4v) is 6.92. The number of nitrogens with zero attached hydrogens (tertiary/aromatic N) is 1. The largest absolute Gasteiger partial charge is 0.310 e. The van der Waals surface area contributed by atoms with Crippen LogP contribution in [0.5, 0.6) is 0 Å². The van der Waals surface area contributed by atoms with Gasteiger partial charge < -0.3 is 4.90 Å². The smallest absolute Gasteiger partial charge is 0.0540 e. The molecule has 2 heteroatoms. The zero-order valence-corrected chi connectivity index (χ0v) is 28.0. The highest BCUT2D eigenvalue weighted by molar-refractivity contribution is 6.31. The van der Waals surface area contributed by atoms with E-state index < -0.39 is 0 Å². The van der Waals surface area contributed by atoms with E-state index in [0.717, 1.165) is 33.2 Å². The Morgan fingerprint density at radius 1 is 0.568 bits per heavy atom. The van der Waals surface area contributed by atoms with Crippen LogP contribution in [0.2, 0.25) is 5.02 Å². The number of benzene rings is 5. The number of rotatable bonds is 5. The molecule has 0 N–H and O–H groups in total. The zero-order chi connectivity index (χ0) is 31.3. The van der Waals surface area contributed by atoms with Crippen LogP contribution in [0, 0.1) is 0 Å². The minimum atomic E-state index is 0.0187. The van der Waals surface area contributed by atoms with E-state index in [1.165, 1.54) is 40.7 Å². The fraction of sp³-hybridized carbons (Fsp3) is 0.286. The van der Waals surface area contributed by atoms with Crippen LogP contribution in [0.1, 0.15) is 78.0 Å². The van der Waals surface area contributed by atoms with Crippen molar-refractivity contribution in [3.8, 4) is 22.3 Å². The first-order valence-electron chi connectivity index (χ1n) is 15.8. The Hall–Kier alpha value is -3.81. The Balaban J connectivity index is 1.65. The third-order valence-corrected chi connectivity index (χ3v) is 9.75. The summed E-state index contributed by atoms with van der Waals surface area (Å²) in [4.78, 5) is 2.42. The molecule has 224 valence electrons. The van der Waals surface area contributed by atoms with Crippen molar-refractivity contribution in [2.24, 2.45) is 0 Å². The Kier molecular flexibility index (Phi) is 7.75. The molecule has 0 radical (unpaired) electrons. The summed E-state index contributed by atoms with van der Waals surface area (Å²) >= 11 is 6.93. The van der Waals surface area contributed by atoms with Crippen molar-refractivity contribution in [2.75, 3.05) is 4.90 Å². The third kappa shape index (κ3) is 5.83. The van der Waals surface area contributed by atoms with Crippen LogP contribution >= 0.6 is 11.6 Å². The Morgan fingerprint density at radius 3 is 1.82 bits per heavy atom. The molecule has 0 spiro atoms. The number of hydrogen-bond acceptors (Lipinski definition) is 1. The lowest BCUT2D eigenvalue weighted by molar-refractivity contribution is 0.332. The molecule has 5 aromatic carbocycles. The maximum Gasteiger partial charge on any atom is 0.0540 e. The maximum absolute atomic E-state index is 6.93. The SMILES string of the molecule is CC(C)(C)c1ccc(N(c2cc(Cl)cc(-c3ccccc3)c2)c2ccc3c(c2)C(C)(C)CCC3(C)C)c(-c2ccccc2)c1. The first-order chi connectivity index (χ1) is 20.8. The third-order valence-electron chi connectivity index (χ3n) is 9.53. The molecule has 0 fully saturated rings. The predicted octanol–water partition coefficient (Wildman–Crippen LogP) is 12.8. The van der Waals surface area contributed by atoms with Gasteiger partial charge in [-0.15, -0.1) is 0 Å². The van der Waals surface area contributed by atoms with E-state index in [2.05, 4.69) is 169 Å². The molecular weight excluding hydrogens is 554 g/mol. The molecule has 0 unspecified atom stereocenters. The maximum atomic E-state index is 6.93. The van der Waals surface area contributed by atoms with E-state index in [1.54, 1.807) is 0 Å². The molecule has 0 saturated heterocycles. The molecule has 1 nitrogen and oxygen atoms in total. The predicted molar refractivity (Wildman–Crippen MR) is 191 cm³/mol. The molecule has 6 rings (SSSR count). The van der Waals surface area contributed by atoms with Crippen LogP contribution in [0.4, 0.5) is 17.1 Å². The summed E-state index contributed by atoms with van der Waals surface area (Å²) in [7, 11) is 0. The van der Waals surface area contributed by atoms with E-state index in [4.69, 9.17) is 11.6 Å². The molecule has 0 bridgehead atoms. The second kappa shape index (κ2) is 11.3. The molecule has 0 aromatic heterocycles. The lowest BCUT2D eigenvalue weighted by atomic mass is 9.63. The van der Waals surface area contributed by atoms with E-state index in [9.17, 15) is 0 Å². The van der Waals surface area contributed by atoms with Gasteiger partial charge in [0.25, 0.3) is 0 Å². The fourth-order valence-electron chi connectivity index (χ4n) is 6.69. The van der Waals surface area contributed by atoms with Crippen LogP contribution in [-0.2, 0) is 16.2 Å². The van der Waals surface area contributed by atoms with Crippen molar-refractivity contribution in [3.05, 3.63) is 137 Å². The Bertz CT molecular complexity index is 1790. The summed E-state index contributed by atoms with van der Waals surface area (Å²) in [5.41, 5.74) is 12.5. The molecule has 1 aliphatic carbocycles. The van der Waals surface area contributed by atoms with Gasteiger partial charge in [0.05, 0.1) is 5.69 Å². The zero-order valence-electron chi connectivity index (χ0n) is 27.2. The molecule has 0 amide bonds. The highest BCUT2D eigenvalue weighted by atomic mass is 35.5. The summed E-state index contributed by atoms with van der Waals surface area (Å²) in [6.07, 6.45) is 2.36.